The molecule has 2 rings (SSSR count). The first-order valence-electron chi connectivity index (χ1n) is 13.7. The second-order valence-corrected chi connectivity index (χ2v) is 9.80. The lowest BCUT2D eigenvalue weighted by molar-refractivity contribution is -0.137. The first-order chi connectivity index (χ1) is 20.1. The number of benzene rings is 1. The zero-order valence-corrected chi connectivity index (χ0v) is 23.8. The third-order valence-electron chi connectivity index (χ3n) is 6.10. The number of nitrogens with one attached hydrogen (secondary N) is 5. The van der Waals surface area contributed by atoms with Gasteiger partial charge in [0, 0.05) is 43.9 Å². The second kappa shape index (κ2) is 17.8. The van der Waals surface area contributed by atoms with Gasteiger partial charge in [0.05, 0.1) is 6.54 Å². The Morgan fingerprint density at radius 2 is 1.60 bits per heavy atom. The highest BCUT2D eigenvalue weighted by Gasteiger charge is 2.25. The van der Waals surface area contributed by atoms with Gasteiger partial charge in [0.2, 0.25) is 24.1 Å². The van der Waals surface area contributed by atoms with E-state index in [1.165, 1.54) is 12.2 Å². The number of anilines is 1. The maximum Gasteiger partial charge on any atom is 0.407 e. The molecule has 0 saturated carbocycles. The second-order valence-electron chi connectivity index (χ2n) is 9.80. The monoisotopic (exact) mass is 586 g/mol. The van der Waals surface area contributed by atoms with Gasteiger partial charge in [0.15, 0.2) is 0 Å². The summed E-state index contributed by atoms with van der Waals surface area (Å²) in [5.41, 5.74) is 1.16. The van der Waals surface area contributed by atoms with E-state index in [0.717, 1.165) is 4.90 Å². The highest BCUT2D eigenvalue weighted by Crippen LogP contribution is 2.11. The average Bonchev–Trinajstić information content (AvgIpc) is 3.28. The van der Waals surface area contributed by atoms with Gasteiger partial charge in [0.1, 0.15) is 12.6 Å². The van der Waals surface area contributed by atoms with Crippen LogP contribution in [0.4, 0.5) is 10.5 Å². The van der Waals surface area contributed by atoms with Crippen LogP contribution < -0.4 is 26.6 Å². The predicted octanol–water partition coefficient (Wildman–Crippen LogP) is 0.340. The van der Waals surface area contributed by atoms with Crippen LogP contribution in [0.2, 0.25) is 0 Å². The molecule has 0 spiro atoms. The van der Waals surface area contributed by atoms with Gasteiger partial charge in [-0.1, -0.05) is 32.4 Å². The molecule has 0 fully saturated rings. The van der Waals surface area contributed by atoms with Crippen molar-refractivity contribution >= 4 is 47.7 Å². The minimum absolute atomic E-state index is 0.0118. The normalized spacial score (nSPS) is 13.0. The fraction of sp³-hybridized carbons (Fsp3) is 0.464. The molecule has 1 aliphatic heterocycles. The van der Waals surface area contributed by atoms with Crippen molar-refractivity contribution < 1.29 is 38.3 Å². The van der Waals surface area contributed by atoms with Crippen LogP contribution in [0, 0.1) is 5.92 Å². The number of ether oxygens (including phenoxy) is 1. The highest BCUT2D eigenvalue weighted by molar-refractivity contribution is 6.12. The van der Waals surface area contributed by atoms with E-state index in [1.54, 1.807) is 38.1 Å². The molecule has 0 saturated heterocycles. The summed E-state index contributed by atoms with van der Waals surface area (Å²) in [6.07, 6.45) is 4.29. The van der Waals surface area contributed by atoms with Crippen LogP contribution in [0.3, 0.4) is 0 Å². The van der Waals surface area contributed by atoms with Gasteiger partial charge in [-0.15, -0.1) is 0 Å². The molecular formula is C28H38N6O8. The summed E-state index contributed by atoms with van der Waals surface area (Å²) in [5, 5.41) is 12.8. The Kier molecular flexibility index (Phi) is 14.2. The van der Waals surface area contributed by atoms with E-state index in [-0.39, 0.29) is 56.3 Å². The number of hydrogen-bond acceptors (Lipinski definition) is 8. The number of carbonyl (C=O) groups is 7. The van der Waals surface area contributed by atoms with Crippen LogP contribution in [0.15, 0.2) is 36.4 Å². The molecule has 0 bridgehead atoms. The fourth-order valence-corrected chi connectivity index (χ4v) is 3.83. The predicted molar refractivity (Wildman–Crippen MR) is 151 cm³/mol. The Hall–Kier alpha value is -4.75. The molecule has 14 nitrogen and oxygen atoms in total. The van der Waals surface area contributed by atoms with E-state index >= 15 is 0 Å². The average molecular weight is 587 g/mol. The third kappa shape index (κ3) is 12.2. The van der Waals surface area contributed by atoms with Crippen LogP contribution in [0.25, 0.3) is 0 Å². The van der Waals surface area contributed by atoms with Crippen molar-refractivity contribution in [2.45, 2.75) is 52.2 Å². The standard InChI is InChI=1S/C28H38N6O8/c1-19(2)26(33-22(36)6-4-3-5-15-34-24(38)11-12-25(34)39)27(40)31-16-23(37)32-21-9-7-20(8-10-21)17-42-28(41)30-14-13-29-18-35/h7-12,18-19,26H,3-6,13-17H2,1-2H3,(H,29,35)(H,30,41)(H,31,40)(H,32,37)(H,33,36). The Labute approximate surface area is 244 Å². The molecular weight excluding hydrogens is 548 g/mol. The van der Waals surface area contributed by atoms with E-state index in [0.29, 0.717) is 43.5 Å². The Morgan fingerprint density at radius 1 is 0.905 bits per heavy atom. The van der Waals surface area contributed by atoms with Gasteiger partial charge in [-0.3, -0.25) is 33.7 Å². The SMILES string of the molecule is CC(C)C(NC(=O)CCCCCN1C(=O)C=CC1=O)C(=O)NCC(=O)Nc1ccc(COC(=O)NCCNC=O)cc1. The number of hydrogen-bond donors (Lipinski definition) is 5. The van der Waals surface area contributed by atoms with Crippen LogP contribution >= 0.6 is 0 Å². The minimum atomic E-state index is -0.825. The van der Waals surface area contributed by atoms with Gasteiger partial charge in [-0.2, -0.15) is 0 Å². The van der Waals surface area contributed by atoms with E-state index in [2.05, 4.69) is 26.6 Å². The zero-order chi connectivity index (χ0) is 30.9. The van der Waals surface area contributed by atoms with Gasteiger partial charge >= 0.3 is 6.09 Å². The Bertz CT molecular complexity index is 1130. The topological polar surface area (TPSA) is 192 Å². The van der Waals surface area contributed by atoms with Crippen molar-refractivity contribution in [1.29, 1.82) is 0 Å². The third-order valence-corrected chi connectivity index (χ3v) is 6.10. The molecule has 7 amide bonds. The highest BCUT2D eigenvalue weighted by atomic mass is 16.5. The van der Waals surface area contributed by atoms with Crippen LogP contribution in [0.1, 0.15) is 45.1 Å². The number of rotatable bonds is 18. The maximum atomic E-state index is 12.7. The van der Waals surface area contributed by atoms with Crippen molar-refractivity contribution in [3.05, 3.63) is 42.0 Å². The summed E-state index contributed by atoms with van der Waals surface area (Å²) in [4.78, 5) is 83.5. The molecule has 14 heteroatoms. The summed E-state index contributed by atoms with van der Waals surface area (Å²) in [7, 11) is 0. The molecule has 228 valence electrons. The summed E-state index contributed by atoms with van der Waals surface area (Å²) >= 11 is 0. The van der Waals surface area contributed by atoms with E-state index in [9.17, 15) is 33.6 Å². The minimum Gasteiger partial charge on any atom is -0.445 e. The summed E-state index contributed by atoms with van der Waals surface area (Å²) in [6.45, 7) is 4.09. The lowest BCUT2D eigenvalue weighted by Crippen LogP contribution is -2.51. The zero-order valence-electron chi connectivity index (χ0n) is 23.8. The molecule has 1 unspecified atom stereocenters. The quantitative estimate of drug-likeness (QED) is 0.0923. The smallest absolute Gasteiger partial charge is 0.407 e. The van der Waals surface area contributed by atoms with E-state index in [1.807, 2.05) is 0 Å². The lowest BCUT2D eigenvalue weighted by Gasteiger charge is -2.21. The van der Waals surface area contributed by atoms with Crippen molar-refractivity contribution in [3.8, 4) is 0 Å². The molecule has 1 aromatic carbocycles. The largest absolute Gasteiger partial charge is 0.445 e. The van der Waals surface area contributed by atoms with Gasteiger partial charge in [-0.25, -0.2) is 4.79 Å². The van der Waals surface area contributed by atoms with Crippen molar-refractivity contribution in [3.63, 3.8) is 0 Å². The van der Waals surface area contributed by atoms with Crippen molar-refractivity contribution in [1.82, 2.24) is 26.2 Å². The number of unbranched alkanes of at least 4 members (excludes halogenated alkanes) is 2. The molecule has 42 heavy (non-hydrogen) atoms. The number of amides is 7. The molecule has 1 aliphatic rings. The molecule has 1 aromatic rings. The Morgan fingerprint density at radius 3 is 2.24 bits per heavy atom. The van der Waals surface area contributed by atoms with Crippen molar-refractivity contribution in [2.24, 2.45) is 5.92 Å². The lowest BCUT2D eigenvalue weighted by atomic mass is 10.0. The van der Waals surface area contributed by atoms with Crippen LogP contribution in [0.5, 0.6) is 0 Å². The van der Waals surface area contributed by atoms with Crippen molar-refractivity contribution in [2.75, 3.05) is 31.5 Å². The number of nitrogens with zero attached hydrogens (tertiary/aromatic N) is 1. The fourth-order valence-electron chi connectivity index (χ4n) is 3.83. The van der Waals surface area contributed by atoms with Crippen LogP contribution in [-0.4, -0.2) is 79.2 Å². The number of imide groups is 1. The summed E-state index contributed by atoms with van der Waals surface area (Å²) in [6, 6.07) is 5.76. The van der Waals surface area contributed by atoms with Gasteiger partial charge in [-0.05, 0) is 36.5 Å². The van der Waals surface area contributed by atoms with Crippen LogP contribution in [-0.2, 0) is 40.1 Å². The summed E-state index contributed by atoms with van der Waals surface area (Å²) < 4.78 is 5.06. The first-order valence-corrected chi connectivity index (χ1v) is 13.7. The molecule has 1 heterocycles. The molecule has 0 aromatic heterocycles. The molecule has 0 aliphatic carbocycles. The van der Waals surface area contributed by atoms with E-state index < -0.39 is 23.9 Å². The molecule has 1 atom stereocenters. The molecule has 5 N–H and O–H groups in total. The molecule has 0 radical (unpaired) electrons. The first kappa shape index (κ1) is 33.5. The summed E-state index contributed by atoms with van der Waals surface area (Å²) in [5.74, 6) is -2.14. The van der Waals surface area contributed by atoms with Gasteiger partial charge < -0.3 is 31.3 Å². The number of alkyl carbamates (subject to hydrolysis) is 1. The Balaban J connectivity index is 1.67. The van der Waals surface area contributed by atoms with E-state index in [4.69, 9.17) is 4.74 Å². The maximum absolute atomic E-state index is 12.7. The number of carbonyl (C=O) groups excluding carboxylic acids is 7. The van der Waals surface area contributed by atoms with Gasteiger partial charge in [0.25, 0.3) is 11.8 Å².